The Kier molecular flexibility index (Phi) is 6.01. The highest BCUT2D eigenvalue weighted by atomic mass is 35.5. The van der Waals surface area contributed by atoms with Gasteiger partial charge in [0.1, 0.15) is 0 Å². The zero-order valence-corrected chi connectivity index (χ0v) is 20.0. The maximum Gasteiger partial charge on any atom is 0.0453 e. The summed E-state index contributed by atoms with van der Waals surface area (Å²) in [4.78, 5) is 0. The fourth-order valence-corrected chi connectivity index (χ4v) is 7.82. The lowest BCUT2D eigenvalue weighted by Gasteiger charge is -2.29. The molecule has 0 fully saturated rings. The smallest absolute Gasteiger partial charge is 0.0453 e. The number of hydrogen-bond donors (Lipinski definition) is 0. The van der Waals surface area contributed by atoms with Crippen LogP contribution in [-0.4, -0.2) is 0 Å². The second-order valence-corrected chi connectivity index (χ2v) is 10.6. The Morgan fingerprint density at radius 1 is 0.667 bits per heavy atom. The van der Waals surface area contributed by atoms with Crippen LogP contribution in [0.5, 0.6) is 0 Å². The fraction of sp³-hybridized carbons (Fsp3) is 0.214. The van der Waals surface area contributed by atoms with Gasteiger partial charge in [0.05, 0.1) is 0 Å². The van der Waals surface area contributed by atoms with Crippen LogP contribution in [-0.2, 0) is 0 Å². The van der Waals surface area contributed by atoms with Crippen molar-refractivity contribution in [1.29, 1.82) is 0 Å². The van der Waals surface area contributed by atoms with Gasteiger partial charge in [-0.3, -0.25) is 0 Å². The van der Waals surface area contributed by atoms with Crippen molar-refractivity contribution in [1.82, 2.24) is 0 Å². The van der Waals surface area contributed by atoms with E-state index in [0.717, 1.165) is 5.02 Å². The first kappa shape index (κ1) is 21.1. The van der Waals surface area contributed by atoms with Gasteiger partial charge in [-0.25, -0.2) is 0 Å². The third-order valence-electron chi connectivity index (χ3n) is 6.55. The van der Waals surface area contributed by atoms with Crippen molar-refractivity contribution < 1.29 is 0 Å². The van der Waals surface area contributed by atoms with Gasteiger partial charge >= 0.3 is 0 Å². The van der Waals surface area contributed by atoms with E-state index in [1.807, 2.05) is 6.07 Å². The average Bonchev–Trinajstić information content (AvgIpc) is 3.29. The minimum atomic E-state index is -0.738. The first-order chi connectivity index (χ1) is 14.4. The largest absolute Gasteiger partial charge is 0.0840 e. The van der Waals surface area contributed by atoms with E-state index in [4.69, 9.17) is 11.6 Å². The molecule has 0 radical (unpaired) electrons. The van der Waals surface area contributed by atoms with E-state index in [-0.39, 0.29) is 5.92 Å². The standard InChI is InChI=1S/C28H28ClP/c1-18-19(2)21(4)28(22(5)20(18)3)30(24-14-7-6-8-15-24)26-17-11-16-25(29)27(26)23-12-9-10-13-23/h6-17,23H,1-5H3. The van der Waals surface area contributed by atoms with E-state index in [1.165, 1.54) is 49.3 Å². The highest BCUT2D eigenvalue weighted by molar-refractivity contribution is 7.80. The van der Waals surface area contributed by atoms with Gasteiger partial charge in [0, 0.05) is 10.9 Å². The molecule has 0 heterocycles. The summed E-state index contributed by atoms with van der Waals surface area (Å²) in [5, 5.41) is 5.06. The highest BCUT2D eigenvalue weighted by Gasteiger charge is 2.28. The van der Waals surface area contributed by atoms with Crippen molar-refractivity contribution >= 4 is 35.4 Å². The van der Waals surface area contributed by atoms with Crippen molar-refractivity contribution in [2.45, 2.75) is 40.5 Å². The topological polar surface area (TPSA) is 0 Å². The predicted octanol–water partition coefficient (Wildman–Crippen LogP) is 6.85. The quantitative estimate of drug-likeness (QED) is 0.397. The van der Waals surface area contributed by atoms with Crippen molar-refractivity contribution in [2.75, 3.05) is 0 Å². The summed E-state index contributed by atoms with van der Waals surface area (Å²) in [6, 6.07) is 17.4. The Hall–Kier alpha value is -2.14. The van der Waals surface area contributed by atoms with Gasteiger partial charge in [-0.1, -0.05) is 78.4 Å². The molecule has 1 atom stereocenters. The molecule has 0 saturated heterocycles. The van der Waals surface area contributed by atoms with E-state index in [1.54, 1.807) is 0 Å². The van der Waals surface area contributed by atoms with E-state index in [2.05, 4.69) is 101 Å². The molecule has 1 aliphatic rings. The SMILES string of the molecule is Cc1c(C)c(C)c(P(c2ccccc2)c2cccc(Cl)c2C2C=CC=C2)c(C)c1C. The lowest BCUT2D eigenvalue weighted by atomic mass is 9.95. The van der Waals surface area contributed by atoms with Crippen LogP contribution in [0.25, 0.3) is 0 Å². The molecular weight excluding hydrogens is 403 g/mol. The molecule has 1 unspecified atom stereocenters. The molecule has 4 rings (SSSR count). The number of halogens is 1. The van der Waals surface area contributed by atoms with Crippen LogP contribution >= 0.6 is 19.5 Å². The molecule has 0 nitrogen and oxygen atoms in total. The van der Waals surface area contributed by atoms with Crippen molar-refractivity contribution in [2.24, 2.45) is 0 Å². The summed E-state index contributed by atoms with van der Waals surface area (Å²) >= 11 is 6.84. The van der Waals surface area contributed by atoms with Gasteiger partial charge in [0.2, 0.25) is 0 Å². The maximum absolute atomic E-state index is 6.84. The van der Waals surface area contributed by atoms with Gasteiger partial charge in [0.15, 0.2) is 0 Å². The first-order valence-electron chi connectivity index (χ1n) is 10.5. The zero-order chi connectivity index (χ0) is 21.4. The summed E-state index contributed by atoms with van der Waals surface area (Å²) in [6.45, 7) is 11.4. The van der Waals surface area contributed by atoms with Gasteiger partial charge in [0.25, 0.3) is 0 Å². The highest BCUT2D eigenvalue weighted by Crippen LogP contribution is 2.42. The summed E-state index contributed by atoms with van der Waals surface area (Å²) in [5.41, 5.74) is 8.28. The predicted molar refractivity (Wildman–Crippen MR) is 135 cm³/mol. The number of allylic oxidation sites excluding steroid dienone is 4. The minimum Gasteiger partial charge on any atom is -0.0840 e. The second kappa shape index (κ2) is 8.54. The second-order valence-electron chi connectivity index (χ2n) is 8.11. The Morgan fingerprint density at radius 3 is 1.83 bits per heavy atom. The Morgan fingerprint density at radius 2 is 1.23 bits per heavy atom. The van der Waals surface area contributed by atoms with Crippen molar-refractivity contribution in [3.05, 3.63) is 111 Å². The van der Waals surface area contributed by atoms with Crippen LogP contribution in [0.1, 0.15) is 39.3 Å². The normalized spacial score (nSPS) is 14.5. The monoisotopic (exact) mass is 430 g/mol. The molecule has 1 aliphatic carbocycles. The molecular formula is C28H28ClP. The van der Waals surface area contributed by atoms with Gasteiger partial charge in [-0.2, -0.15) is 0 Å². The van der Waals surface area contributed by atoms with Gasteiger partial charge < -0.3 is 0 Å². The van der Waals surface area contributed by atoms with E-state index >= 15 is 0 Å². The van der Waals surface area contributed by atoms with Gasteiger partial charge in [-0.05, 0) is 97.9 Å². The molecule has 0 aromatic heterocycles. The molecule has 0 saturated carbocycles. The maximum atomic E-state index is 6.84. The van der Waals surface area contributed by atoms with E-state index in [0.29, 0.717) is 0 Å². The average molecular weight is 431 g/mol. The summed E-state index contributed by atoms with van der Waals surface area (Å²) < 4.78 is 0. The summed E-state index contributed by atoms with van der Waals surface area (Å²) in [7, 11) is -0.738. The Labute approximate surface area is 187 Å². The molecule has 2 heteroatoms. The van der Waals surface area contributed by atoms with Crippen LogP contribution in [0.2, 0.25) is 5.02 Å². The van der Waals surface area contributed by atoms with Gasteiger partial charge in [-0.15, -0.1) is 0 Å². The number of rotatable bonds is 4. The lowest BCUT2D eigenvalue weighted by molar-refractivity contribution is 1.12. The molecule has 0 N–H and O–H groups in total. The third-order valence-corrected chi connectivity index (χ3v) is 9.68. The fourth-order valence-electron chi connectivity index (χ4n) is 4.46. The molecule has 3 aromatic carbocycles. The molecule has 0 amide bonds. The summed E-state index contributed by atoms with van der Waals surface area (Å²) in [5.74, 6) is 0.232. The lowest BCUT2D eigenvalue weighted by Crippen LogP contribution is -2.28. The van der Waals surface area contributed by atoms with E-state index < -0.39 is 7.92 Å². The third kappa shape index (κ3) is 3.58. The minimum absolute atomic E-state index is 0.232. The first-order valence-corrected chi connectivity index (χ1v) is 12.2. The van der Waals surface area contributed by atoms with Crippen LogP contribution < -0.4 is 15.9 Å². The molecule has 0 bridgehead atoms. The Bertz CT molecular complexity index is 1110. The van der Waals surface area contributed by atoms with Crippen LogP contribution in [0.4, 0.5) is 0 Å². The number of benzene rings is 3. The molecule has 0 aliphatic heterocycles. The molecule has 152 valence electrons. The summed E-state index contributed by atoms with van der Waals surface area (Å²) in [6.07, 6.45) is 8.74. The molecule has 30 heavy (non-hydrogen) atoms. The van der Waals surface area contributed by atoms with Crippen molar-refractivity contribution in [3.8, 4) is 0 Å². The molecule has 3 aromatic rings. The van der Waals surface area contributed by atoms with Crippen LogP contribution in [0.3, 0.4) is 0 Å². The van der Waals surface area contributed by atoms with Crippen LogP contribution in [0, 0.1) is 34.6 Å². The molecule has 0 spiro atoms. The van der Waals surface area contributed by atoms with E-state index in [9.17, 15) is 0 Å². The Balaban J connectivity index is 2.07. The van der Waals surface area contributed by atoms with Crippen LogP contribution in [0.15, 0.2) is 72.8 Å². The zero-order valence-electron chi connectivity index (χ0n) is 18.3. The van der Waals surface area contributed by atoms with Crippen molar-refractivity contribution in [3.63, 3.8) is 0 Å². The number of hydrogen-bond acceptors (Lipinski definition) is 0.